The molecule has 0 amide bonds. The van der Waals surface area contributed by atoms with Crippen LogP contribution in [0.15, 0.2) is 58.3 Å². The van der Waals surface area contributed by atoms with Gasteiger partial charge in [-0.25, -0.2) is 4.98 Å². The van der Waals surface area contributed by atoms with E-state index in [9.17, 15) is 15.3 Å². The van der Waals surface area contributed by atoms with Gasteiger partial charge in [0.25, 0.3) is 0 Å². The molecule has 0 aromatic carbocycles. The van der Waals surface area contributed by atoms with Crippen LogP contribution in [0.1, 0.15) is 103 Å². The molecule has 5 nitrogen and oxygen atoms in total. The van der Waals surface area contributed by atoms with E-state index in [1.807, 2.05) is 6.08 Å². The number of aliphatic hydroxyl groups excluding tert-OH is 3. The molecule has 3 N–H and O–H groups in total. The average Bonchev–Trinajstić information content (AvgIpc) is 3.41. The monoisotopic (exact) mass is 535 g/mol. The minimum Gasteiger partial charge on any atom is -0.448 e. The summed E-state index contributed by atoms with van der Waals surface area (Å²) in [5.41, 5.74) is 4.02. The van der Waals surface area contributed by atoms with E-state index in [0.717, 1.165) is 48.9 Å². The van der Waals surface area contributed by atoms with Crippen LogP contribution >= 0.6 is 0 Å². The van der Waals surface area contributed by atoms with Crippen molar-refractivity contribution in [2.45, 2.75) is 122 Å². The number of hydrogen-bond acceptors (Lipinski definition) is 5. The molecule has 0 bridgehead atoms. The van der Waals surface area contributed by atoms with Crippen LogP contribution in [0.5, 0.6) is 0 Å². The van der Waals surface area contributed by atoms with E-state index in [2.05, 4.69) is 52.5 Å². The zero-order chi connectivity index (χ0) is 28.0. The Morgan fingerprint density at radius 1 is 1.21 bits per heavy atom. The van der Waals surface area contributed by atoms with Gasteiger partial charge in [0.15, 0.2) is 0 Å². The van der Waals surface area contributed by atoms with Crippen molar-refractivity contribution in [3.63, 3.8) is 0 Å². The van der Waals surface area contributed by atoms with Gasteiger partial charge in [-0.2, -0.15) is 0 Å². The molecule has 0 spiro atoms. The molecule has 4 saturated carbocycles. The lowest BCUT2D eigenvalue weighted by Crippen LogP contribution is -2.39. The lowest BCUT2D eigenvalue weighted by molar-refractivity contribution is 0.0705. The van der Waals surface area contributed by atoms with Crippen LogP contribution in [0, 0.1) is 22.7 Å². The third-order valence-corrected chi connectivity index (χ3v) is 10.7. The summed E-state index contributed by atoms with van der Waals surface area (Å²) in [5.74, 6) is 1.76. The molecule has 6 atom stereocenters. The van der Waals surface area contributed by atoms with E-state index in [4.69, 9.17) is 9.40 Å². The molecular weight excluding hydrogens is 486 g/mol. The summed E-state index contributed by atoms with van der Waals surface area (Å²) in [6.07, 6.45) is 19.3. The van der Waals surface area contributed by atoms with Gasteiger partial charge in [0.05, 0.1) is 29.4 Å². The fourth-order valence-electron chi connectivity index (χ4n) is 8.24. The first-order valence-electron chi connectivity index (χ1n) is 15.3. The maximum Gasteiger partial charge on any atom is 0.203 e. The van der Waals surface area contributed by atoms with Gasteiger partial charge in [0, 0.05) is 6.42 Å². The van der Waals surface area contributed by atoms with Crippen LogP contribution in [0.2, 0.25) is 0 Å². The van der Waals surface area contributed by atoms with E-state index in [0.29, 0.717) is 30.6 Å². The van der Waals surface area contributed by atoms with Crippen molar-refractivity contribution in [3.05, 3.63) is 65.5 Å². The highest BCUT2D eigenvalue weighted by Crippen LogP contribution is 2.62. The van der Waals surface area contributed by atoms with Crippen molar-refractivity contribution in [2.75, 3.05) is 0 Å². The van der Waals surface area contributed by atoms with E-state index in [-0.39, 0.29) is 16.2 Å². The predicted octanol–water partition coefficient (Wildman–Crippen LogP) is 6.74. The van der Waals surface area contributed by atoms with E-state index in [1.54, 1.807) is 6.26 Å². The quantitative estimate of drug-likeness (QED) is 0.321. The number of oxazole rings is 1. The Hall–Kier alpha value is -1.95. The molecule has 4 aliphatic carbocycles. The Morgan fingerprint density at radius 3 is 2.69 bits per heavy atom. The van der Waals surface area contributed by atoms with Crippen LogP contribution < -0.4 is 0 Å². The zero-order valence-electron chi connectivity index (χ0n) is 24.5. The summed E-state index contributed by atoms with van der Waals surface area (Å²) in [5, 5.41) is 31.7. The molecule has 4 aliphatic rings. The van der Waals surface area contributed by atoms with Crippen molar-refractivity contribution >= 4 is 0 Å². The standard InChI is InChI=1S/C34H49NO4/c1-6-8-25-21-39-31(35-25)34(17-18-34)30(38)14-16-32(3,4)29-13-12-27-23(9-7-15-33(27,29)5)10-11-24-19-26(36)20-28(37)22(24)2/h10-11,14,16,21,26-30,36-38H,2,6-9,12-13,15,17-20H2,1,3-5H3/b16-14+,23-10+,24-11-/t26-,27+,28+,29-,30+,33+/m1/s1. The number of aliphatic hydroxyl groups is 3. The molecule has 5 heteroatoms. The van der Waals surface area contributed by atoms with E-state index >= 15 is 0 Å². The minimum absolute atomic E-state index is 0.0443. The first kappa shape index (κ1) is 28.6. The summed E-state index contributed by atoms with van der Waals surface area (Å²) in [6.45, 7) is 13.4. The van der Waals surface area contributed by atoms with E-state index in [1.165, 1.54) is 31.3 Å². The zero-order valence-corrected chi connectivity index (χ0v) is 24.5. The lowest BCUT2D eigenvalue weighted by Gasteiger charge is -2.47. The number of rotatable bonds is 8. The van der Waals surface area contributed by atoms with Crippen LogP contribution in [-0.4, -0.2) is 38.6 Å². The molecule has 0 aliphatic heterocycles. The topological polar surface area (TPSA) is 86.7 Å². The molecule has 0 unspecified atom stereocenters. The van der Waals surface area contributed by atoms with Crippen molar-refractivity contribution in [1.82, 2.24) is 4.98 Å². The number of nitrogens with zero attached hydrogens (tertiary/aromatic N) is 1. The van der Waals surface area contributed by atoms with Gasteiger partial charge in [-0.1, -0.05) is 70.6 Å². The maximum atomic E-state index is 11.3. The van der Waals surface area contributed by atoms with Crippen LogP contribution in [0.3, 0.4) is 0 Å². The largest absolute Gasteiger partial charge is 0.448 e. The highest BCUT2D eigenvalue weighted by molar-refractivity contribution is 5.39. The second kappa shape index (κ2) is 10.8. The molecule has 5 rings (SSSR count). The van der Waals surface area contributed by atoms with Crippen LogP contribution in [0.25, 0.3) is 0 Å². The molecule has 214 valence electrons. The summed E-state index contributed by atoms with van der Waals surface area (Å²) < 4.78 is 5.83. The summed E-state index contributed by atoms with van der Waals surface area (Å²) in [6, 6.07) is 0. The number of allylic oxidation sites excluding steroid dienone is 4. The van der Waals surface area contributed by atoms with Crippen molar-refractivity contribution in [3.8, 4) is 0 Å². The Bertz CT molecular complexity index is 1150. The fourth-order valence-corrected chi connectivity index (χ4v) is 8.24. The van der Waals surface area contributed by atoms with E-state index < -0.39 is 18.3 Å². The molecular formula is C34H49NO4. The highest BCUT2D eigenvalue weighted by Gasteiger charge is 2.55. The van der Waals surface area contributed by atoms with Gasteiger partial charge >= 0.3 is 0 Å². The second-order valence-electron chi connectivity index (χ2n) is 13.8. The first-order chi connectivity index (χ1) is 18.5. The van der Waals surface area contributed by atoms with Gasteiger partial charge in [-0.05, 0) is 91.6 Å². The fraction of sp³-hybridized carbons (Fsp3) is 0.676. The number of hydrogen-bond donors (Lipinski definition) is 3. The highest BCUT2D eigenvalue weighted by atomic mass is 16.3. The SMILES string of the molecule is C=C1/C(=C\C=C2/CCC[C@]3(C)[C@@H](C(C)(C)/C=C/[C@H](O)C4(c5nc(CCC)co5)CC4)CC[C@@H]23)C[C@@H](O)C[C@@H]1O. The molecule has 1 aromatic heterocycles. The van der Waals surface area contributed by atoms with Gasteiger partial charge < -0.3 is 19.7 Å². The number of aryl methyl sites for hydroxylation is 1. The summed E-state index contributed by atoms with van der Waals surface area (Å²) in [7, 11) is 0. The third-order valence-electron chi connectivity index (χ3n) is 10.7. The predicted molar refractivity (Wildman–Crippen MR) is 155 cm³/mol. The lowest BCUT2D eigenvalue weighted by atomic mass is 9.57. The smallest absolute Gasteiger partial charge is 0.203 e. The van der Waals surface area contributed by atoms with Crippen LogP contribution in [0.4, 0.5) is 0 Å². The Balaban J connectivity index is 1.31. The molecule has 1 heterocycles. The Labute approximate surface area is 234 Å². The van der Waals surface area contributed by atoms with Gasteiger partial charge in [0.2, 0.25) is 5.89 Å². The van der Waals surface area contributed by atoms with Gasteiger partial charge in [-0.3, -0.25) is 0 Å². The number of aromatic nitrogens is 1. The molecule has 1 aromatic rings. The van der Waals surface area contributed by atoms with Crippen molar-refractivity contribution in [1.29, 1.82) is 0 Å². The average molecular weight is 536 g/mol. The van der Waals surface area contributed by atoms with Crippen LogP contribution in [-0.2, 0) is 11.8 Å². The summed E-state index contributed by atoms with van der Waals surface area (Å²) in [4.78, 5) is 4.71. The normalized spacial score (nSPS) is 35.6. The first-order valence-corrected chi connectivity index (χ1v) is 15.3. The second-order valence-corrected chi connectivity index (χ2v) is 13.8. The molecule has 39 heavy (non-hydrogen) atoms. The minimum atomic E-state index is -0.648. The number of fused-ring (bicyclic) bond motifs is 1. The molecule has 4 fully saturated rings. The third kappa shape index (κ3) is 5.39. The van der Waals surface area contributed by atoms with Crippen molar-refractivity contribution < 1.29 is 19.7 Å². The van der Waals surface area contributed by atoms with Gasteiger partial charge in [-0.15, -0.1) is 0 Å². The Kier molecular flexibility index (Phi) is 7.91. The molecule has 0 saturated heterocycles. The van der Waals surface area contributed by atoms with Gasteiger partial charge in [0.1, 0.15) is 6.26 Å². The molecule has 0 radical (unpaired) electrons. The Morgan fingerprint density at radius 2 is 1.97 bits per heavy atom. The van der Waals surface area contributed by atoms with Crippen molar-refractivity contribution in [2.24, 2.45) is 22.7 Å². The summed E-state index contributed by atoms with van der Waals surface area (Å²) >= 11 is 0. The maximum absolute atomic E-state index is 11.3.